The summed E-state index contributed by atoms with van der Waals surface area (Å²) < 4.78 is 0. The van der Waals surface area contributed by atoms with Crippen LogP contribution in [0.2, 0.25) is 0 Å². The molecule has 1 aromatic carbocycles. The van der Waals surface area contributed by atoms with E-state index in [1.54, 1.807) is 0 Å². The van der Waals surface area contributed by atoms with Crippen molar-refractivity contribution in [3.05, 3.63) is 35.9 Å². The molecule has 0 aliphatic carbocycles. The van der Waals surface area contributed by atoms with Gasteiger partial charge in [0, 0.05) is 0 Å². The highest BCUT2D eigenvalue weighted by Crippen LogP contribution is 2.04. The standard InChI is InChI=1S/C8H10.C6H13N/c1-2-8-6-4-3-5-7-8;1-2-7-5-3-4-6-7/h3-7H,2H2,1H3;2-6H2,1H3. The van der Waals surface area contributed by atoms with Crippen LogP contribution in [0.25, 0.3) is 0 Å². The van der Waals surface area contributed by atoms with Crippen LogP contribution in [0.3, 0.4) is 0 Å². The van der Waals surface area contributed by atoms with Gasteiger partial charge in [-0.25, -0.2) is 0 Å². The Labute approximate surface area is 94.1 Å². The lowest BCUT2D eigenvalue weighted by molar-refractivity contribution is 0.359. The topological polar surface area (TPSA) is 3.24 Å². The van der Waals surface area contributed by atoms with Gasteiger partial charge < -0.3 is 4.90 Å². The van der Waals surface area contributed by atoms with Gasteiger partial charge >= 0.3 is 0 Å². The van der Waals surface area contributed by atoms with Crippen LogP contribution in [0, 0.1) is 0 Å². The third-order valence-corrected chi connectivity index (χ3v) is 2.90. The molecule has 0 amide bonds. The molecule has 0 unspecified atom stereocenters. The van der Waals surface area contributed by atoms with Crippen LogP contribution in [0.15, 0.2) is 30.3 Å². The minimum Gasteiger partial charge on any atom is -0.304 e. The zero-order valence-corrected chi connectivity index (χ0v) is 10.1. The van der Waals surface area contributed by atoms with E-state index in [4.69, 9.17) is 0 Å². The van der Waals surface area contributed by atoms with Gasteiger partial charge in [-0.05, 0) is 44.5 Å². The van der Waals surface area contributed by atoms with Gasteiger partial charge in [-0.1, -0.05) is 44.2 Å². The minimum atomic E-state index is 1.14. The first-order chi connectivity index (χ1) is 7.36. The number of hydrogen-bond donors (Lipinski definition) is 0. The fourth-order valence-electron chi connectivity index (χ4n) is 1.81. The fraction of sp³-hybridized carbons (Fsp3) is 0.571. The van der Waals surface area contributed by atoms with Crippen molar-refractivity contribution >= 4 is 0 Å². The van der Waals surface area contributed by atoms with Crippen LogP contribution in [0.5, 0.6) is 0 Å². The quantitative estimate of drug-likeness (QED) is 0.715. The van der Waals surface area contributed by atoms with Gasteiger partial charge in [0.2, 0.25) is 0 Å². The Morgan fingerprint density at radius 3 is 1.93 bits per heavy atom. The molecule has 1 aromatic rings. The molecule has 0 N–H and O–H groups in total. The van der Waals surface area contributed by atoms with Crippen molar-refractivity contribution in [3.8, 4) is 0 Å². The average Bonchev–Trinajstić information content (AvgIpc) is 2.84. The Kier molecular flexibility index (Phi) is 6.10. The van der Waals surface area contributed by atoms with E-state index in [2.05, 4.69) is 43.0 Å². The first-order valence-corrected chi connectivity index (χ1v) is 6.13. The van der Waals surface area contributed by atoms with E-state index in [1.807, 2.05) is 6.07 Å². The van der Waals surface area contributed by atoms with E-state index < -0.39 is 0 Å². The summed E-state index contributed by atoms with van der Waals surface area (Å²) in [5.41, 5.74) is 1.41. The van der Waals surface area contributed by atoms with Gasteiger partial charge in [0.1, 0.15) is 0 Å². The molecule has 1 aliphatic heterocycles. The van der Waals surface area contributed by atoms with Crippen molar-refractivity contribution in [2.24, 2.45) is 0 Å². The monoisotopic (exact) mass is 205 g/mol. The SMILES string of the molecule is CCN1CCCC1.CCc1ccccc1. The maximum Gasteiger partial charge on any atom is -0.00184 e. The van der Waals surface area contributed by atoms with Gasteiger partial charge in [0.25, 0.3) is 0 Å². The van der Waals surface area contributed by atoms with Crippen molar-refractivity contribution < 1.29 is 0 Å². The van der Waals surface area contributed by atoms with Crippen LogP contribution in [0.1, 0.15) is 32.3 Å². The molecule has 1 fully saturated rings. The number of nitrogens with zero attached hydrogens (tertiary/aromatic N) is 1. The van der Waals surface area contributed by atoms with E-state index in [-0.39, 0.29) is 0 Å². The number of rotatable bonds is 2. The molecular formula is C14H23N. The molecule has 0 spiro atoms. The van der Waals surface area contributed by atoms with Gasteiger partial charge in [0.15, 0.2) is 0 Å². The minimum absolute atomic E-state index is 1.14. The predicted molar refractivity (Wildman–Crippen MR) is 67.2 cm³/mol. The third kappa shape index (κ3) is 4.98. The van der Waals surface area contributed by atoms with E-state index >= 15 is 0 Å². The Morgan fingerprint density at radius 2 is 1.60 bits per heavy atom. The van der Waals surface area contributed by atoms with Crippen LogP contribution in [-0.4, -0.2) is 24.5 Å². The van der Waals surface area contributed by atoms with Gasteiger partial charge in [0.05, 0.1) is 0 Å². The summed E-state index contributed by atoms with van der Waals surface area (Å²) in [6, 6.07) is 10.5. The number of aryl methyl sites for hydroxylation is 1. The Hall–Kier alpha value is -0.820. The van der Waals surface area contributed by atoms with Crippen molar-refractivity contribution in [1.82, 2.24) is 4.90 Å². The summed E-state index contributed by atoms with van der Waals surface area (Å²) in [5, 5.41) is 0. The zero-order chi connectivity index (χ0) is 10.9. The van der Waals surface area contributed by atoms with E-state index in [0.29, 0.717) is 0 Å². The highest BCUT2D eigenvalue weighted by atomic mass is 15.1. The molecule has 0 radical (unpaired) electrons. The largest absolute Gasteiger partial charge is 0.304 e. The Bertz CT molecular complexity index is 237. The normalized spacial score (nSPS) is 15.9. The van der Waals surface area contributed by atoms with Gasteiger partial charge in [-0.15, -0.1) is 0 Å². The number of benzene rings is 1. The van der Waals surface area contributed by atoms with Crippen molar-refractivity contribution in [2.45, 2.75) is 33.1 Å². The summed E-state index contributed by atoms with van der Waals surface area (Å²) in [6.45, 7) is 8.33. The molecular weight excluding hydrogens is 182 g/mol. The van der Waals surface area contributed by atoms with E-state index in [0.717, 1.165) is 6.42 Å². The van der Waals surface area contributed by atoms with Crippen LogP contribution < -0.4 is 0 Å². The van der Waals surface area contributed by atoms with Crippen molar-refractivity contribution in [1.29, 1.82) is 0 Å². The molecule has 0 bridgehead atoms. The zero-order valence-electron chi connectivity index (χ0n) is 10.1. The lowest BCUT2D eigenvalue weighted by atomic mass is 10.2. The summed E-state index contributed by atoms with van der Waals surface area (Å²) in [4.78, 5) is 2.49. The van der Waals surface area contributed by atoms with Crippen molar-refractivity contribution in [2.75, 3.05) is 19.6 Å². The van der Waals surface area contributed by atoms with E-state index in [9.17, 15) is 0 Å². The molecule has 2 rings (SSSR count). The molecule has 1 saturated heterocycles. The summed E-state index contributed by atoms with van der Waals surface area (Å²) in [5.74, 6) is 0. The Morgan fingerprint density at radius 1 is 1.00 bits per heavy atom. The molecule has 1 heterocycles. The lowest BCUT2D eigenvalue weighted by Crippen LogP contribution is -2.17. The van der Waals surface area contributed by atoms with Gasteiger partial charge in [-0.2, -0.15) is 0 Å². The highest BCUT2D eigenvalue weighted by molar-refractivity contribution is 5.13. The molecule has 0 saturated carbocycles. The van der Waals surface area contributed by atoms with Gasteiger partial charge in [-0.3, -0.25) is 0 Å². The number of hydrogen-bond acceptors (Lipinski definition) is 1. The third-order valence-electron chi connectivity index (χ3n) is 2.90. The number of likely N-dealkylation sites (tertiary alicyclic amines) is 1. The second kappa shape index (κ2) is 7.47. The van der Waals surface area contributed by atoms with Crippen LogP contribution in [-0.2, 0) is 6.42 Å². The average molecular weight is 205 g/mol. The lowest BCUT2D eigenvalue weighted by Gasteiger charge is -2.08. The van der Waals surface area contributed by atoms with Crippen LogP contribution >= 0.6 is 0 Å². The summed E-state index contributed by atoms with van der Waals surface area (Å²) in [7, 11) is 0. The first-order valence-electron chi connectivity index (χ1n) is 6.13. The highest BCUT2D eigenvalue weighted by Gasteiger charge is 2.06. The predicted octanol–water partition coefficient (Wildman–Crippen LogP) is 3.35. The molecule has 15 heavy (non-hydrogen) atoms. The van der Waals surface area contributed by atoms with Crippen molar-refractivity contribution in [3.63, 3.8) is 0 Å². The molecule has 1 heteroatoms. The maximum absolute atomic E-state index is 2.49. The molecule has 0 aromatic heterocycles. The molecule has 1 aliphatic rings. The second-order valence-corrected chi connectivity index (χ2v) is 3.98. The smallest absolute Gasteiger partial charge is 0.00184 e. The molecule has 0 atom stereocenters. The second-order valence-electron chi connectivity index (χ2n) is 3.98. The van der Waals surface area contributed by atoms with E-state index in [1.165, 1.54) is 38.0 Å². The molecule has 84 valence electrons. The van der Waals surface area contributed by atoms with Crippen LogP contribution in [0.4, 0.5) is 0 Å². The molecule has 1 nitrogen and oxygen atoms in total. The fourth-order valence-corrected chi connectivity index (χ4v) is 1.81. The maximum atomic E-state index is 2.49. The first kappa shape index (κ1) is 12.3. The summed E-state index contributed by atoms with van der Waals surface area (Å²) >= 11 is 0. The Balaban J connectivity index is 0.000000151. The summed E-state index contributed by atoms with van der Waals surface area (Å²) in [6.07, 6.45) is 3.99.